The third kappa shape index (κ3) is 11.0. The molecule has 0 saturated carbocycles. The van der Waals surface area contributed by atoms with Crippen LogP contribution in [0.3, 0.4) is 0 Å². The molecule has 0 atom stereocenters. The van der Waals surface area contributed by atoms with E-state index in [0.717, 1.165) is 44.1 Å². The number of benzene rings is 3. The summed E-state index contributed by atoms with van der Waals surface area (Å²) in [5, 5.41) is 2.80. The minimum Gasteiger partial charge on any atom is -0.462 e. The zero-order valence-corrected chi connectivity index (χ0v) is 26.8. The molecule has 3 aromatic rings. The van der Waals surface area contributed by atoms with Crippen LogP contribution in [0.2, 0.25) is 0 Å². The maximum Gasteiger partial charge on any atom is 0.339 e. The second-order valence-electron chi connectivity index (χ2n) is 11.5. The summed E-state index contributed by atoms with van der Waals surface area (Å²) in [6.07, 6.45) is 20.2. The second kappa shape index (κ2) is 19.7. The van der Waals surface area contributed by atoms with Gasteiger partial charge in [0, 0.05) is 0 Å². The van der Waals surface area contributed by atoms with E-state index < -0.39 is 11.9 Å². The van der Waals surface area contributed by atoms with Crippen molar-refractivity contribution in [1.82, 2.24) is 0 Å². The summed E-state index contributed by atoms with van der Waals surface area (Å²) in [4.78, 5) is 25.3. The van der Waals surface area contributed by atoms with Crippen LogP contribution in [0.25, 0.3) is 16.8 Å². The van der Waals surface area contributed by atoms with Crippen molar-refractivity contribution in [2.24, 2.45) is 0 Å². The van der Waals surface area contributed by atoms with Crippen LogP contribution in [-0.2, 0) is 22.3 Å². The van der Waals surface area contributed by atoms with Gasteiger partial charge in [-0.05, 0) is 66.1 Å². The van der Waals surface area contributed by atoms with Gasteiger partial charge in [0.05, 0.1) is 24.3 Å². The Kier molecular flexibility index (Phi) is 15.6. The fourth-order valence-corrected chi connectivity index (χ4v) is 5.72. The van der Waals surface area contributed by atoms with Crippen LogP contribution < -0.4 is 0 Å². The summed E-state index contributed by atoms with van der Waals surface area (Å²) in [5.74, 6) is -0.845. The third-order valence-corrected chi connectivity index (χ3v) is 8.04. The van der Waals surface area contributed by atoms with Gasteiger partial charge in [-0.2, -0.15) is 0 Å². The topological polar surface area (TPSA) is 52.6 Å². The molecule has 0 saturated heterocycles. The molecule has 0 aromatic heterocycles. The quantitative estimate of drug-likeness (QED) is 0.117. The summed E-state index contributed by atoms with van der Waals surface area (Å²) in [6.45, 7) is 6.87. The highest BCUT2D eigenvalue weighted by atomic mass is 16.5. The van der Waals surface area contributed by atoms with Gasteiger partial charge in [0.15, 0.2) is 0 Å². The van der Waals surface area contributed by atoms with Crippen LogP contribution in [0.4, 0.5) is 0 Å². The lowest BCUT2D eigenvalue weighted by atomic mass is 9.93. The van der Waals surface area contributed by atoms with E-state index in [4.69, 9.17) is 9.47 Å². The fraction of sp³-hybridized carbons (Fsp3) is 0.487. The van der Waals surface area contributed by atoms with E-state index in [0.29, 0.717) is 17.7 Å². The molecule has 0 radical (unpaired) electrons. The molecule has 0 amide bonds. The van der Waals surface area contributed by atoms with E-state index >= 15 is 0 Å². The van der Waals surface area contributed by atoms with E-state index in [-0.39, 0.29) is 6.61 Å². The van der Waals surface area contributed by atoms with Crippen molar-refractivity contribution in [2.45, 2.75) is 111 Å². The summed E-state index contributed by atoms with van der Waals surface area (Å²) in [7, 11) is 0. The molecule has 4 rings (SSSR count). The molecule has 232 valence electrons. The van der Waals surface area contributed by atoms with Crippen molar-refractivity contribution in [3.8, 4) is 0 Å². The molecule has 4 heteroatoms. The Hall–Kier alpha value is -3.40. The van der Waals surface area contributed by atoms with Crippen LogP contribution in [0, 0.1) is 0 Å². The molecule has 4 nitrogen and oxygen atoms in total. The largest absolute Gasteiger partial charge is 0.462 e. The van der Waals surface area contributed by atoms with Crippen LogP contribution in [0.15, 0.2) is 60.7 Å². The molecule has 43 heavy (non-hydrogen) atoms. The van der Waals surface area contributed by atoms with Crippen LogP contribution in [0.5, 0.6) is 0 Å². The first-order chi connectivity index (χ1) is 21.1. The number of carbonyl (C=O) groups excluding carboxylic acids is 2. The number of esters is 2. The van der Waals surface area contributed by atoms with Gasteiger partial charge in [0.2, 0.25) is 0 Å². The number of allylic oxidation sites excluding steroid dienone is 1. The second-order valence-corrected chi connectivity index (χ2v) is 11.5. The third-order valence-electron chi connectivity index (χ3n) is 8.04. The molecule has 0 fully saturated rings. The summed E-state index contributed by atoms with van der Waals surface area (Å²) < 4.78 is 10.7. The predicted octanol–water partition coefficient (Wildman–Crippen LogP) is 10.7. The Morgan fingerprint density at radius 2 is 1.33 bits per heavy atom. The van der Waals surface area contributed by atoms with Crippen molar-refractivity contribution in [3.05, 3.63) is 88.5 Å². The summed E-state index contributed by atoms with van der Waals surface area (Å²) in [5.41, 5.74) is 4.43. The minimum absolute atomic E-state index is 0.284. The van der Waals surface area contributed by atoms with Crippen molar-refractivity contribution in [2.75, 3.05) is 13.2 Å². The highest BCUT2D eigenvalue weighted by Crippen LogP contribution is 2.28. The lowest BCUT2D eigenvalue weighted by molar-refractivity contribution is 0.0461. The van der Waals surface area contributed by atoms with Gasteiger partial charge in [0.1, 0.15) is 0 Å². The number of rotatable bonds is 17. The number of carbonyl (C=O) groups is 2. The Morgan fingerprint density at radius 1 is 0.674 bits per heavy atom. The molecule has 0 unspecified atom stereocenters. The van der Waals surface area contributed by atoms with Gasteiger partial charge < -0.3 is 9.47 Å². The van der Waals surface area contributed by atoms with E-state index in [1.54, 1.807) is 13.0 Å². The number of hydrogen-bond acceptors (Lipinski definition) is 4. The number of hydrogen-bond donors (Lipinski definition) is 0. The summed E-state index contributed by atoms with van der Waals surface area (Å²) in [6, 6.07) is 18.5. The highest BCUT2D eigenvalue weighted by molar-refractivity contribution is 6.04. The van der Waals surface area contributed by atoms with Gasteiger partial charge >= 0.3 is 11.9 Å². The molecule has 0 heterocycles. The first kappa shape index (κ1) is 34.1. The normalized spacial score (nSPS) is 11.6. The number of aryl methyl sites for hydroxylation is 1. The Bertz CT molecular complexity index is 1300. The zero-order chi connectivity index (χ0) is 30.7. The molecular formula is C39H52O4. The molecule has 0 aliphatic heterocycles. The predicted molar refractivity (Wildman–Crippen MR) is 180 cm³/mol. The Morgan fingerprint density at radius 3 is 2.05 bits per heavy atom. The van der Waals surface area contributed by atoms with Gasteiger partial charge in [-0.3, -0.25) is 0 Å². The van der Waals surface area contributed by atoms with Crippen LogP contribution in [-0.4, -0.2) is 25.2 Å². The van der Waals surface area contributed by atoms with E-state index in [2.05, 4.69) is 62.4 Å². The zero-order valence-electron chi connectivity index (χ0n) is 26.8. The molecular weight excluding hydrogens is 532 g/mol. The molecule has 0 bridgehead atoms. The standard InChI is InChI=1S/C26H42O4.C13H10/c1-4-7-9-11-13-15-18-22-19-17-20-23(25(27)29-6-3)24(22)26(28)30-21-16-14-12-10-8-5-2;1-4-10-6-2-8-12-9-3-7-11(5-1)13(10)12/h17,19-20H,4-16,18,21H2,1-3H3;1-8H,9H2. The maximum absolute atomic E-state index is 12.9. The Balaban J connectivity index is 0.000000316. The van der Waals surface area contributed by atoms with Crippen molar-refractivity contribution >= 4 is 28.8 Å². The average molecular weight is 585 g/mol. The van der Waals surface area contributed by atoms with E-state index in [1.165, 1.54) is 73.3 Å². The van der Waals surface area contributed by atoms with Gasteiger partial charge in [-0.25, -0.2) is 9.59 Å². The Labute approximate surface area is 259 Å². The van der Waals surface area contributed by atoms with Gasteiger partial charge in [0.25, 0.3) is 0 Å². The monoisotopic (exact) mass is 584 g/mol. The highest BCUT2D eigenvalue weighted by Gasteiger charge is 2.22. The van der Waals surface area contributed by atoms with Gasteiger partial charge in [-0.1, -0.05) is 139 Å². The molecule has 3 aromatic carbocycles. The van der Waals surface area contributed by atoms with E-state index in [9.17, 15) is 9.59 Å². The summed E-state index contributed by atoms with van der Waals surface area (Å²) >= 11 is 0. The van der Waals surface area contributed by atoms with E-state index in [1.807, 2.05) is 12.1 Å². The van der Waals surface area contributed by atoms with Gasteiger partial charge in [-0.15, -0.1) is 0 Å². The van der Waals surface area contributed by atoms with Crippen LogP contribution in [0.1, 0.15) is 135 Å². The maximum atomic E-state index is 12.9. The minimum atomic E-state index is -0.450. The molecule has 0 spiro atoms. The number of unbranched alkanes of at least 4 members (excludes halogenated alkanes) is 10. The SMILES string of the molecule is C1=Cc2cccc3cccc(c23)C1.CCCCCCCCOC(=O)c1c(CCCCCCCC)cccc1C(=O)OCC. The fourth-order valence-electron chi connectivity index (χ4n) is 5.72. The molecule has 0 N–H and O–H groups in total. The smallest absolute Gasteiger partial charge is 0.339 e. The van der Waals surface area contributed by atoms with Crippen molar-refractivity contribution in [3.63, 3.8) is 0 Å². The average Bonchev–Trinajstić information content (AvgIpc) is 3.03. The van der Waals surface area contributed by atoms with Crippen molar-refractivity contribution < 1.29 is 19.1 Å². The lowest BCUT2D eigenvalue weighted by Crippen LogP contribution is -2.17. The number of ether oxygens (including phenoxy) is 2. The first-order valence-electron chi connectivity index (χ1n) is 16.7. The molecule has 1 aliphatic rings. The first-order valence-corrected chi connectivity index (χ1v) is 16.7. The van der Waals surface area contributed by atoms with Crippen LogP contribution >= 0.6 is 0 Å². The van der Waals surface area contributed by atoms with Crippen molar-refractivity contribution in [1.29, 1.82) is 0 Å². The lowest BCUT2D eigenvalue weighted by Gasteiger charge is -2.14. The molecule has 1 aliphatic carbocycles.